The summed E-state index contributed by atoms with van der Waals surface area (Å²) >= 11 is 0. The Morgan fingerprint density at radius 2 is 1.86 bits per heavy atom. The van der Waals surface area contributed by atoms with Gasteiger partial charge in [0, 0.05) is 24.2 Å². The van der Waals surface area contributed by atoms with Gasteiger partial charge in [-0.15, -0.1) is 0 Å². The maximum atomic E-state index is 5.57. The van der Waals surface area contributed by atoms with Gasteiger partial charge in [0.15, 0.2) is 0 Å². The first-order chi connectivity index (χ1) is 10.1. The molecule has 0 amide bonds. The summed E-state index contributed by atoms with van der Waals surface area (Å²) in [5.74, 6) is 0. The highest BCUT2D eigenvalue weighted by molar-refractivity contribution is 5.99. The van der Waals surface area contributed by atoms with Gasteiger partial charge in [-0.2, -0.15) is 0 Å². The van der Waals surface area contributed by atoms with Crippen molar-refractivity contribution in [2.75, 3.05) is 6.54 Å². The van der Waals surface area contributed by atoms with Crippen LogP contribution in [0.2, 0.25) is 0 Å². The van der Waals surface area contributed by atoms with Crippen LogP contribution in [0.5, 0.6) is 0 Å². The van der Waals surface area contributed by atoms with E-state index in [4.69, 9.17) is 10.7 Å². The predicted octanol–water partition coefficient (Wildman–Crippen LogP) is 3.64. The molecule has 2 bridgehead atoms. The van der Waals surface area contributed by atoms with Crippen molar-refractivity contribution in [3.63, 3.8) is 0 Å². The molecule has 0 radical (unpaired) electrons. The van der Waals surface area contributed by atoms with Crippen molar-refractivity contribution in [1.29, 1.82) is 0 Å². The summed E-state index contributed by atoms with van der Waals surface area (Å²) in [5.41, 5.74) is 8.37. The molecule has 1 atom stereocenters. The minimum absolute atomic E-state index is 0.0349. The molecule has 3 heteroatoms. The standard InChI is InChI=1S/C18H31N3/c1-14-15(6-4-3-5-13-19)11-12-18(2,20-14)21-16-7-8-17(21)10-9-16/h11,16-17H,3-10,12-13,19H2,1-2H3. The maximum absolute atomic E-state index is 5.57. The van der Waals surface area contributed by atoms with Crippen molar-refractivity contribution in [1.82, 2.24) is 4.90 Å². The summed E-state index contributed by atoms with van der Waals surface area (Å²) in [6.07, 6.45) is 14.0. The average molecular weight is 289 g/mol. The van der Waals surface area contributed by atoms with E-state index in [1.807, 2.05) is 0 Å². The minimum atomic E-state index is 0.0349. The van der Waals surface area contributed by atoms with Crippen LogP contribution in [0, 0.1) is 0 Å². The molecule has 3 aliphatic heterocycles. The van der Waals surface area contributed by atoms with Crippen LogP contribution in [0.4, 0.5) is 0 Å². The van der Waals surface area contributed by atoms with Crippen LogP contribution in [-0.4, -0.2) is 34.9 Å². The van der Waals surface area contributed by atoms with E-state index >= 15 is 0 Å². The molecule has 0 aromatic rings. The largest absolute Gasteiger partial charge is 0.330 e. The molecule has 0 spiro atoms. The zero-order chi connectivity index (χ0) is 14.9. The summed E-state index contributed by atoms with van der Waals surface area (Å²) in [4.78, 5) is 7.92. The van der Waals surface area contributed by atoms with Crippen LogP contribution in [0.1, 0.15) is 71.6 Å². The molecule has 3 nitrogen and oxygen atoms in total. The van der Waals surface area contributed by atoms with E-state index in [0.29, 0.717) is 0 Å². The second-order valence-electron chi connectivity index (χ2n) is 7.32. The zero-order valence-corrected chi connectivity index (χ0v) is 13.8. The van der Waals surface area contributed by atoms with Crippen molar-refractivity contribution < 1.29 is 0 Å². The fraction of sp³-hybridized carbons (Fsp3) is 0.833. The number of rotatable bonds is 6. The molecule has 0 saturated carbocycles. The highest BCUT2D eigenvalue weighted by atomic mass is 15.4. The quantitative estimate of drug-likeness (QED) is 0.759. The van der Waals surface area contributed by atoms with E-state index in [2.05, 4.69) is 24.8 Å². The lowest BCUT2D eigenvalue weighted by atomic mass is 9.94. The van der Waals surface area contributed by atoms with Crippen molar-refractivity contribution >= 4 is 5.71 Å². The van der Waals surface area contributed by atoms with Gasteiger partial charge in [-0.3, -0.25) is 9.89 Å². The zero-order valence-electron chi connectivity index (χ0n) is 13.8. The molecule has 3 heterocycles. The molecule has 0 aliphatic carbocycles. The third kappa shape index (κ3) is 2.95. The van der Waals surface area contributed by atoms with Crippen molar-refractivity contribution in [2.24, 2.45) is 10.7 Å². The van der Waals surface area contributed by atoms with Gasteiger partial charge in [-0.25, -0.2) is 0 Å². The summed E-state index contributed by atoms with van der Waals surface area (Å²) in [7, 11) is 0. The average Bonchev–Trinajstić information content (AvgIpc) is 3.06. The van der Waals surface area contributed by atoms with Gasteiger partial charge in [0.05, 0.1) is 0 Å². The van der Waals surface area contributed by atoms with Crippen LogP contribution in [0.3, 0.4) is 0 Å². The first-order valence-electron chi connectivity index (χ1n) is 8.88. The first kappa shape index (κ1) is 15.2. The smallest absolute Gasteiger partial charge is 0.114 e. The number of unbranched alkanes of at least 4 members (excludes halogenated alkanes) is 2. The van der Waals surface area contributed by atoms with Crippen LogP contribution in [0.25, 0.3) is 0 Å². The fourth-order valence-corrected chi connectivity index (χ4v) is 4.73. The van der Waals surface area contributed by atoms with Gasteiger partial charge < -0.3 is 5.73 Å². The van der Waals surface area contributed by atoms with Crippen LogP contribution >= 0.6 is 0 Å². The van der Waals surface area contributed by atoms with Crippen LogP contribution < -0.4 is 5.73 Å². The van der Waals surface area contributed by atoms with Gasteiger partial charge in [0.2, 0.25) is 0 Å². The number of dihydropyridines is 1. The van der Waals surface area contributed by atoms with Crippen LogP contribution in [0.15, 0.2) is 16.6 Å². The molecule has 1 unspecified atom stereocenters. The molecular formula is C18H31N3. The number of aliphatic imine (C=N–C) groups is 1. The second-order valence-corrected chi connectivity index (χ2v) is 7.32. The molecule has 3 rings (SSSR count). The van der Waals surface area contributed by atoms with Gasteiger partial charge in [-0.05, 0) is 70.9 Å². The number of fused-ring (bicyclic) bond motifs is 2. The molecule has 2 N–H and O–H groups in total. The normalized spacial score (nSPS) is 36.0. The number of nitrogens with two attached hydrogens (primary N) is 1. The summed E-state index contributed by atoms with van der Waals surface area (Å²) in [6.45, 7) is 5.39. The Hall–Kier alpha value is -0.670. The number of allylic oxidation sites excluding steroid dienone is 1. The molecular weight excluding hydrogens is 258 g/mol. The van der Waals surface area contributed by atoms with Crippen molar-refractivity contribution in [3.8, 4) is 0 Å². The second kappa shape index (κ2) is 6.21. The van der Waals surface area contributed by atoms with Crippen molar-refractivity contribution in [3.05, 3.63) is 11.6 Å². The molecule has 2 fully saturated rings. The van der Waals surface area contributed by atoms with Gasteiger partial charge >= 0.3 is 0 Å². The van der Waals surface area contributed by atoms with Gasteiger partial charge in [0.1, 0.15) is 5.66 Å². The molecule has 118 valence electrons. The van der Waals surface area contributed by atoms with Gasteiger partial charge in [0.25, 0.3) is 0 Å². The Morgan fingerprint density at radius 3 is 2.43 bits per heavy atom. The van der Waals surface area contributed by atoms with E-state index in [-0.39, 0.29) is 5.66 Å². The summed E-state index contributed by atoms with van der Waals surface area (Å²) in [6, 6.07) is 1.60. The lowest BCUT2D eigenvalue weighted by Gasteiger charge is -2.41. The van der Waals surface area contributed by atoms with Crippen molar-refractivity contribution in [2.45, 2.75) is 89.4 Å². The fourth-order valence-electron chi connectivity index (χ4n) is 4.73. The third-order valence-corrected chi connectivity index (χ3v) is 5.77. The maximum Gasteiger partial charge on any atom is 0.114 e. The Morgan fingerprint density at radius 1 is 1.19 bits per heavy atom. The Labute approximate surface area is 129 Å². The first-order valence-corrected chi connectivity index (χ1v) is 8.88. The topological polar surface area (TPSA) is 41.6 Å². The lowest BCUT2D eigenvalue weighted by molar-refractivity contribution is 0.0928. The van der Waals surface area contributed by atoms with E-state index in [0.717, 1.165) is 31.5 Å². The highest BCUT2D eigenvalue weighted by Crippen LogP contribution is 2.45. The molecule has 2 saturated heterocycles. The highest BCUT2D eigenvalue weighted by Gasteiger charge is 2.48. The monoisotopic (exact) mass is 289 g/mol. The molecule has 0 aromatic carbocycles. The van der Waals surface area contributed by atoms with Crippen LogP contribution in [-0.2, 0) is 0 Å². The van der Waals surface area contributed by atoms with E-state index in [1.165, 1.54) is 56.2 Å². The summed E-state index contributed by atoms with van der Waals surface area (Å²) < 4.78 is 0. The Kier molecular flexibility index (Phi) is 4.51. The summed E-state index contributed by atoms with van der Waals surface area (Å²) in [5, 5.41) is 0. The minimum Gasteiger partial charge on any atom is -0.330 e. The van der Waals surface area contributed by atoms with Gasteiger partial charge in [-0.1, -0.05) is 12.5 Å². The molecule has 0 aromatic heterocycles. The van der Waals surface area contributed by atoms with E-state index in [1.54, 1.807) is 0 Å². The third-order valence-electron chi connectivity index (χ3n) is 5.77. The van der Waals surface area contributed by atoms with E-state index in [9.17, 15) is 0 Å². The number of hydrogen-bond donors (Lipinski definition) is 1. The lowest BCUT2D eigenvalue weighted by Crippen LogP contribution is -2.49. The number of nitrogens with zero attached hydrogens (tertiary/aromatic N) is 2. The Balaban J connectivity index is 1.62. The SMILES string of the molecule is CC1=NC(C)(N2C3CCC2CC3)CC=C1CCCCCN. The number of hydrogen-bond acceptors (Lipinski definition) is 3. The molecule has 21 heavy (non-hydrogen) atoms. The van der Waals surface area contributed by atoms with E-state index < -0.39 is 0 Å². The molecule has 3 aliphatic rings. The Bertz CT molecular complexity index is 420. The predicted molar refractivity (Wildman–Crippen MR) is 89.6 cm³/mol.